The van der Waals surface area contributed by atoms with Gasteiger partial charge < -0.3 is 4.90 Å². The highest BCUT2D eigenvalue weighted by molar-refractivity contribution is 5.77. The molecule has 3 aromatic rings. The topological polar surface area (TPSA) is 29.0 Å². The number of aromatic nitrogens is 2. The Morgan fingerprint density at radius 1 is 0.870 bits per heavy atom. The highest BCUT2D eigenvalue weighted by Gasteiger charge is 2.17. The van der Waals surface area contributed by atoms with Crippen molar-refractivity contribution in [1.82, 2.24) is 9.97 Å². The zero-order valence-corrected chi connectivity index (χ0v) is 13.2. The Kier molecular flexibility index (Phi) is 3.54. The standard InChI is InChI=1S/C20H19N3/c1-15-20(22-19-10-6-5-9-18(19)21-15)23-13-11-17(12-14-23)16-7-3-2-4-8-16/h2-11H,12-14H2,1H3. The first-order valence-electron chi connectivity index (χ1n) is 8.04. The molecule has 0 aliphatic carbocycles. The van der Waals surface area contributed by atoms with E-state index in [-0.39, 0.29) is 0 Å². The van der Waals surface area contributed by atoms with Crippen LogP contribution in [0.25, 0.3) is 16.6 Å². The van der Waals surface area contributed by atoms with E-state index in [4.69, 9.17) is 9.97 Å². The van der Waals surface area contributed by atoms with Crippen molar-refractivity contribution in [2.75, 3.05) is 18.0 Å². The number of nitrogens with zero attached hydrogens (tertiary/aromatic N) is 3. The Labute approximate surface area is 136 Å². The van der Waals surface area contributed by atoms with E-state index >= 15 is 0 Å². The molecular weight excluding hydrogens is 282 g/mol. The van der Waals surface area contributed by atoms with Crippen LogP contribution in [-0.2, 0) is 0 Å². The van der Waals surface area contributed by atoms with E-state index in [1.807, 2.05) is 31.2 Å². The van der Waals surface area contributed by atoms with Crippen LogP contribution in [0.5, 0.6) is 0 Å². The predicted octanol–water partition coefficient (Wildman–Crippen LogP) is 4.23. The van der Waals surface area contributed by atoms with Crippen LogP contribution in [0.1, 0.15) is 17.7 Å². The number of fused-ring (bicyclic) bond motifs is 1. The molecule has 0 fully saturated rings. The number of rotatable bonds is 2. The van der Waals surface area contributed by atoms with Crippen molar-refractivity contribution in [3.63, 3.8) is 0 Å². The van der Waals surface area contributed by atoms with Gasteiger partial charge in [0.2, 0.25) is 0 Å². The first-order valence-corrected chi connectivity index (χ1v) is 8.04. The van der Waals surface area contributed by atoms with Gasteiger partial charge in [-0.3, -0.25) is 0 Å². The van der Waals surface area contributed by atoms with Crippen molar-refractivity contribution in [3.8, 4) is 0 Å². The Morgan fingerprint density at radius 3 is 2.26 bits per heavy atom. The van der Waals surface area contributed by atoms with Gasteiger partial charge in [0.15, 0.2) is 5.82 Å². The van der Waals surface area contributed by atoms with Gasteiger partial charge in [0.25, 0.3) is 0 Å². The summed E-state index contributed by atoms with van der Waals surface area (Å²) in [4.78, 5) is 11.9. The smallest absolute Gasteiger partial charge is 0.151 e. The lowest BCUT2D eigenvalue weighted by Gasteiger charge is -2.28. The van der Waals surface area contributed by atoms with Crippen molar-refractivity contribution in [2.45, 2.75) is 13.3 Å². The van der Waals surface area contributed by atoms with Crippen molar-refractivity contribution < 1.29 is 0 Å². The zero-order valence-electron chi connectivity index (χ0n) is 13.2. The van der Waals surface area contributed by atoms with Crippen LogP contribution in [0.15, 0.2) is 60.7 Å². The van der Waals surface area contributed by atoms with Gasteiger partial charge in [-0.2, -0.15) is 0 Å². The third kappa shape index (κ3) is 2.70. The average molecular weight is 301 g/mol. The fraction of sp³-hybridized carbons (Fsp3) is 0.200. The van der Waals surface area contributed by atoms with Gasteiger partial charge in [-0.05, 0) is 36.6 Å². The lowest BCUT2D eigenvalue weighted by molar-refractivity contribution is 0.810. The Bertz CT molecular complexity index is 868. The third-order valence-corrected chi connectivity index (χ3v) is 4.37. The summed E-state index contributed by atoms with van der Waals surface area (Å²) in [5, 5.41) is 0. The van der Waals surface area contributed by atoms with Crippen LogP contribution in [0.3, 0.4) is 0 Å². The molecule has 0 saturated heterocycles. The lowest BCUT2D eigenvalue weighted by Crippen LogP contribution is -2.30. The second-order valence-corrected chi connectivity index (χ2v) is 5.91. The number of para-hydroxylation sites is 2. The van der Waals surface area contributed by atoms with E-state index in [2.05, 4.69) is 41.3 Å². The maximum absolute atomic E-state index is 4.83. The van der Waals surface area contributed by atoms with Crippen molar-refractivity contribution in [1.29, 1.82) is 0 Å². The number of hydrogen-bond donors (Lipinski definition) is 0. The molecule has 2 heterocycles. The minimum atomic E-state index is 0.887. The minimum absolute atomic E-state index is 0.887. The molecule has 1 aliphatic heterocycles. The SMILES string of the molecule is Cc1nc2ccccc2nc1N1CC=C(c2ccccc2)CC1. The van der Waals surface area contributed by atoms with Gasteiger partial charge in [-0.15, -0.1) is 0 Å². The van der Waals surface area contributed by atoms with Crippen LogP contribution >= 0.6 is 0 Å². The number of anilines is 1. The third-order valence-electron chi connectivity index (χ3n) is 4.37. The normalized spacial score (nSPS) is 14.8. The average Bonchev–Trinajstić information content (AvgIpc) is 2.62. The molecule has 4 rings (SSSR count). The van der Waals surface area contributed by atoms with Gasteiger partial charge in [0.1, 0.15) is 0 Å². The first kappa shape index (κ1) is 13.9. The summed E-state index contributed by atoms with van der Waals surface area (Å²) in [6.45, 7) is 3.91. The molecule has 1 aliphatic rings. The van der Waals surface area contributed by atoms with Crippen LogP contribution in [0, 0.1) is 6.92 Å². The van der Waals surface area contributed by atoms with Crippen LogP contribution in [-0.4, -0.2) is 23.1 Å². The Morgan fingerprint density at radius 2 is 1.57 bits per heavy atom. The van der Waals surface area contributed by atoms with Gasteiger partial charge in [0, 0.05) is 13.1 Å². The molecule has 0 amide bonds. The summed E-state index contributed by atoms with van der Waals surface area (Å²) < 4.78 is 0. The van der Waals surface area contributed by atoms with E-state index < -0.39 is 0 Å². The highest BCUT2D eigenvalue weighted by Crippen LogP contribution is 2.26. The molecule has 0 bridgehead atoms. The summed E-state index contributed by atoms with van der Waals surface area (Å²) in [5.41, 5.74) is 5.68. The van der Waals surface area contributed by atoms with E-state index in [1.54, 1.807) is 0 Å². The molecule has 23 heavy (non-hydrogen) atoms. The molecule has 0 unspecified atom stereocenters. The van der Waals surface area contributed by atoms with Gasteiger partial charge in [-0.1, -0.05) is 48.5 Å². The maximum atomic E-state index is 4.83. The second-order valence-electron chi connectivity index (χ2n) is 5.91. The molecular formula is C20H19N3. The van der Waals surface area contributed by atoms with Crippen molar-refractivity contribution in [2.24, 2.45) is 0 Å². The van der Waals surface area contributed by atoms with Crippen LogP contribution in [0.2, 0.25) is 0 Å². The molecule has 2 aromatic carbocycles. The summed E-state index contributed by atoms with van der Waals surface area (Å²) >= 11 is 0. The fourth-order valence-corrected chi connectivity index (χ4v) is 3.15. The van der Waals surface area contributed by atoms with Gasteiger partial charge in [-0.25, -0.2) is 9.97 Å². The van der Waals surface area contributed by atoms with E-state index in [0.29, 0.717) is 0 Å². The minimum Gasteiger partial charge on any atom is -0.351 e. The molecule has 1 aromatic heterocycles. The molecule has 0 atom stereocenters. The highest BCUT2D eigenvalue weighted by atomic mass is 15.2. The molecule has 0 N–H and O–H groups in total. The predicted molar refractivity (Wildman–Crippen MR) is 95.5 cm³/mol. The van der Waals surface area contributed by atoms with E-state index in [0.717, 1.165) is 42.1 Å². The van der Waals surface area contributed by atoms with Gasteiger partial charge in [0.05, 0.1) is 16.7 Å². The number of aryl methyl sites for hydroxylation is 1. The monoisotopic (exact) mass is 301 g/mol. The molecule has 114 valence electrons. The fourth-order valence-electron chi connectivity index (χ4n) is 3.15. The van der Waals surface area contributed by atoms with E-state index in [9.17, 15) is 0 Å². The summed E-state index contributed by atoms with van der Waals surface area (Å²) in [5.74, 6) is 1.01. The molecule has 0 saturated carbocycles. The molecule has 0 radical (unpaired) electrons. The van der Waals surface area contributed by atoms with Crippen molar-refractivity contribution in [3.05, 3.63) is 71.9 Å². The molecule has 3 nitrogen and oxygen atoms in total. The molecule has 0 spiro atoms. The maximum Gasteiger partial charge on any atom is 0.151 e. The van der Waals surface area contributed by atoms with Crippen LogP contribution < -0.4 is 4.90 Å². The van der Waals surface area contributed by atoms with Gasteiger partial charge >= 0.3 is 0 Å². The summed E-state index contributed by atoms with van der Waals surface area (Å²) in [6, 6.07) is 18.7. The number of benzene rings is 2. The Balaban J connectivity index is 1.63. The second kappa shape index (κ2) is 5.84. The largest absolute Gasteiger partial charge is 0.351 e. The van der Waals surface area contributed by atoms with E-state index in [1.165, 1.54) is 11.1 Å². The van der Waals surface area contributed by atoms with Crippen LogP contribution in [0.4, 0.5) is 5.82 Å². The summed E-state index contributed by atoms with van der Waals surface area (Å²) in [6.07, 6.45) is 3.35. The van der Waals surface area contributed by atoms with Crippen molar-refractivity contribution >= 4 is 22.4 Å². The lowest BCUT2D eigenvalue weighted by atomic mass is 9.99. The first-order chi connectivity index (χ1) is 11.3. The zero-order chi connectivity index (χ0) is 15.6. The Hall–Kier alpha value is -2.68. The summed E-state index contributed by atoms with van der Waals surface area (Å²) in [7, 11) is 0. The number of hydrogen-bond acceptors (Lipinski definition) is 3. The quantitative estimate of drug-likeness (QED) is 0.709. The molecule has 3 heteroatoms.